The Morgan fingerprint density at radius 1 is 1.03 bits per heavy atom. The quantitative estimate of drug-likeness (QED) is 0.612. The molecule has 1 aliphatic heterocycles. The number of rotatable bonds is 5. The van der Waals surface area contributed by atoms with Gasteiger partial charge in [-0.25, -0.2) is 4.79 Å². The van der Waals surface area contributed by atoms with E-state index in [9.17, 15) is 14.4 Å². The van der Waals surface area contributed by atoms with Crippen LogP contribution in [0, 0.1) is 24.7 Å². The van der Waals surface area contributed by atoms with Gasteiger partial charge in [0.2, 0.25) is 5.91 Å². The minimum absolute atomic E-state index is 0.0151. The normalized spacial score (nSPS) is 32.4. The molecule has 3 N–H and O–H groups in total. The lowest BCUT2D eigenvalue weighted by Crippen LogP contribution is -2.62. The molecule has 4 aliphatic carbocycles. The second-order valence-corrected chi connectivity index (χ2v) is 12.3. The molecule has 6 rings (SSSR count). The maximum absolute atomic E-state index is 12.8. The molecular formula is C25H36N4O3S. The van der Waals surface area contributed by atoms with E-state index in [-0.39, 0.29) is 35.5 Å². The van der Waals surface area contributed by atoms with Gasteiger partial charge in [-0.2, -0.15) is 0 Å². The summed E-state index contributed by atoms with van der Waals surface area (Å²) in [5, 5.41) is 8.97. The molecule has 4 bridgehead atoms. The molecule has 7 nitrogen and oxygen atoms in total. The predicted molar refractivity (Wildman–Crippen MR) is 128 cm³/mol. The van der Waals surface area contributed by atoms with Gasteiger partial charge < -0.3 is 10.6 Å². The van der Waals surface area contributed by atoms with Crippen LogP contribution in [0.25, 0.3) is 0 Å². The van der Waals surface area contributed by atoms with Crippen LogP contribution in [0.15, 0.2) is 12.1 Å². The van der Waals surface area contributed by atoms with E-state index < -0.39 is 0 Å². The third-order valence-electron chi connectivity index (χ3n) is 8.41. The Hall–Kier alpha value is -1.93. The van der Waals surface area contributed by atoms with E-state index >= 15 is 0 Å². The largest absolute Gasteiger partial charge is 0.349 e. The summed E-state index contributed by atoms with van der Waals surface area (Å²) in [6.45, 7) is 5.30. The molecule has 1 aromatic heterocycles. The Labute approximate surface area is 200 Å². The van der Waals surface area contributed by atoms with Crippen molar-refractivity contribution in [1.82, 2.24) is 20.9 Å². The number of carbonyl (C=O) groups excluding carboxylic acids is 3. The summed E-state index contributed by atoms with van der Waals surface area (Å²) in [4.78, 5) is 41.9. The summed E-state index contributed by atoms with van der Waals surface area (Å²) in [6.07, 6.45) is 8.77. The number of hydrogen-bond acceptors (Lipinski definition) is 5. The van der Waals surface area contributed by atoms with E-state index in [1.807, 2.05) is 26.0 Å². The monoisotopic (exact) mass is 472 g/mol. The Morgan fingerprint density at radius 2 is 1.64 bits per heavy atom. The van der Waals surface area contributed by atoms with E-state index in [1.54, 1.807) is 0 Å². The average Bonchev–Trinajstić information content (AvgIpc) is 3.18. The number of nitrogens with zero attached hydrogens (tertiary/aromatic N) is 1. The molecule has 5 aliphatic rings. The first-order chi connectivity index (χ1) is 15.8. The Kier molecular flexibility index (Phi) is 6.25. The molecule has 0 aromatic carbocycles. The van der Waals surface area contributed by atoms with Gasteiger partial charge in [0.15, 0.2) is 0 Å². The van der Waals surface area contributed by atoms with Crippen molar-refractivity contribution < 1.29 is 14.4 Å². The second kappa shape index (κ2) is 9.02. The molecule has 1 saturated heterocycles. The maximum atomic E-state index is 12.8. The standard InChI is InChI=1S/C25H36N4O3S/c1-15-3-4-21(33-15)23(31)26-20-5-7-29(8-6-20)16(2)22(30)27-24(32)28-25-12-17-9-18(13-25)11-19(10-17)14-25/h3-4,16-20H,5-14H2,1-2H3,(H,26,31)(H2,27,28,30,32). The molecule has 1 atom stereocenters. The molecule has 4 saturated carbocycles. The van der Waals surface area contributed by atoms with Crippen molar-refractivity contribution in [2.45, 2.75) is 82.8 Å². The number of carbonyl (C=O) groups is 3. The van der Waals surface area contributed by atoms with Crippen LogP contribution in [-0.2, 0) is 4.79 Å². The van der Waals surface area contributed by atoms with Crippen LogP contribution in [0.3, 0.4) is 0 Å². The van der Waals surface area contributed by atoms with Crippen LogP contribution >= 0.6 is 11.3 Å². The molecule has 5 fully saturated rings. The van der Waals surface area contributed by atoms with Crippen molar-refractivity contribution in [3.05, 3.63) is 21.9 Å². The minimum Gasteiger partial charge on any atom is -0.349 e. The lowest BCUT2D eigenvalue weighted by atomic mass is 9.53. The highest BCUT2D eigenvalue weighted by Crippen LogP contribution is 2.55. The first kappa shape index (κ1) is 22.8. The summed E-state index contributed by atoms with van der Waals surface area (Å²) < 4.78 is 0. The lowest BCUT2D eigenvalue weighted by molar-refractivity contribution is -0.125. The average molecular weight is 473 g/mol. The fourth-order valence-electron chi connectivity index (χ4n) is 7.16. The highest BCUT2D eigenvalue weighted by atomic mass is 32.1. The van der Waals surface area contributed by atoms with E-state index in [0.717, 1.165) is 72.7 Å². The lowest BCUT2D eigenvalue weighted by Gasteiger charge is -2.56. The van der Waals surface area contributed by atoms with Gasteiger partial charge in [-0.3, -0.25) is 19.8 Å². The highest BCUT2D eigenvalue weighted by molar-refractivity contribution is 7.13. The van der Waals surface area contributed by atoms with Gasteiger partial charge in [-0.1, -0.05) is 0 Å². The Balaban J connectivity index is 1.07. The summed E-state index contributed by atoms with van der Waals surface area (Å²) in [7, 11) is 0. The van der Waals surface area contributed by atoms with Gasteiger partial charge in [-0.05, 0) is 95.1 Å². The van der Waals surface area contributed by atoms with Crippen LogP contribution in [0.4, 0.5) is 4.79 Å². The Bertz CT molecular complexity index is 885. The number of urea groups is 1. The van der Waals surface area contributed by atoms with Crippen molar-refractivity contribution >= 4 is 29.2 Å². The molecule has 1 unspecified atom stereocenters. The minimum atomic E-state index is -0.372. The van der Waals surface area contributed by atoms with Crippen molar-refractivity contribution in [3.8, 4) is 0 Å². The first-order valence-electron chi connectivity index (χ1n) is 12.5. The first-order valence-corrected chi connectivity index (χ1v) is 13.3. The number of imide groups is 1. The van der Waals surface area contributed by atoms with Crippen LogP contribution in [0.2, 0.25) is 0 Å². The number of likely N-dealkylation sites (tertiary alicyclic amines) is 1. The number of nitrogens with one attached hydrogen (secondary N) is 3. The number of aryl methyl sites for hydroxylation is 1. The maximum Gasteiger partial charge on any atom is 0.321 e. The zero-order valence-corrected chi connectivity index (χ0v) is 20.5. The zero-order valence-electron chi connectivity index (χ0n) is 19.7. The summed E-state index contributed by atoms with van der Waals surface area (Å²) in [6, 6.07) is 3.24. The SMILES string of the molecule is Cc1ccc(C(=O)NC2CCN(C(C)C(=O)NC(=O)NC34CC5CC(CC(C5)C3)C4)CC2)s1. The molecule has 1 aromatic rings. The van der Waals surface area contributed by atoms with Gasteiger partial charge in [0.25, 0.3) is 5.91 Å². The van der Waals surface area contributed by atoms with Gasteiger partial charge in [0.05, 0.1) is 10.9 Å². The second-order valence-electron chi connectivity index (χ2n) is 11.0. The van der Waals surface area contributed by atoms with E-state index in [4.69, 9.17) is 0 Å². The smallest absolute Gasteiger partial charge is 0.321 e. The molecule has 2 heterocycles. The van der Waals surface area contributed by atoms with Gasteiger partial charge in [0, 0.05) is 29.5 Å². The number of hydrogen-bond donors (Lipinski definition) is 3. The van der Waals surface area contributed by atoms with Gasteiger partial charge in [-0.15, -0.1) is 11.3 Å². The Morgan fingerprint density at radius 3 is 2.18 bits per heavy atom. The molecule has 4 amide bonds. The van der Waals surface area contributed by atoms with Crippen molar-refractivity contribution in [2.24, 2.45) is 17.8 Å². The van der Waals surface area contributed by atoms with Crippen LogP contribution in [-0.4, -0.2) is 53.5 Å². The van der Waals surface area contributed by atoms with Crippen LogP contribution in [0.5, 0.6) is 0 Å². The third kappa shape index (κ3) is 4.97. The number of thiophene rings is 1. The molecule has 33 heavy (non-hydrogen) atoms. The van der Waals surface area contributed by atoms with Gasteiger partial charge >= 0.3 is 6.03 Å². The fourth-order valence-corrected chi connectivity index (χ4v) is 7.93. The van der Waals surface area contributed by atoms with Crippen molar-refractivity contribution in [3.63, 3.8) is 0 Å². The fraction of sp³-hybridized carbons (Fsp3) is 0.720. The highest BCUT2D eigenvalue weighted by Gasteiger charge is 2.51. The zero-order chi connectivity index (χ0) is 23.2. The van der Waals surface area contributed by atoms with E-state index in [0.29, 0.717) is 0 Å². The summed E-state index contributed by atoms with van der Waals surface area (Å²) >= 11 is 1.51. The predicted octanol–water partition coefficient (Wildman–Crippen LogP) is 3.43. The number of amides is 4. The topological polar surface area (TPSA) is 90.5 Å². The summed E-state index contributed by atoms with van der Waals surface area (Å²) in [5.41, 5.74) is -0.0972. The van der Waals surface area contributed by atoms with Crippen molar-refractivity contribution in [1.29, 1.82) is 0 Å². The van der Waals surface area contributed by atoms with Gasteiger partial charge in [0.1, 0.15) is 0 Å². The molecule has 180 valence electrons. The molecule has 0 spiro atoms. The number of piperidine rings is 1. The third-order valence-corrected chi connectivity index (χ3v) is 9.41. The van der Waals surface area contributed by atoms with E-state index in [2.05, 4.69) is 20.9 Å². The molecule has 0 radical (unpaired) electrons. The van der Waals surface area contributed by atoms with Crippen LogP contribution in [0.1, 0.15) is 72.8 Å². The van der Waals surface area contributed by atoms with Crippen LogP contribution < -0.4 is 16.0 Å². The summed E-state index contributed by atoms with van der Waals surface area (Å²) in [5.74, 6) is 1.98. The molecular weight excluding hydrogens is 436 g/mol. The molecule has 8 heteroatoms. The van der Waals surface area contributed by atoms with Crippen molar-refractivity contribution in [2.75, 3.05) is 13.1 Å². The van der Waals surface area contributed by atoms with E-state index in [1.165, 1.54) is 30.6 Å².